The molecule has 2 aromatic rings. The van der Waals surface area contributed by atoms with E-state index in [4.69, 9.17) is 14.2 Å². The van der Waals surface area contributed by atoms with Crippen LogP contribution in [0.2, 0.25) is 0 Å². The largest absolute Gasteiger partial charge is 0.497 e. The first-order valence-electron chi connectivity index (χ1n) is 9.15. The molecule has 0 spiro atoms. The van der Waals surface area contributed by atoms with Crippen LogP contribution in [-0.2, 0) is 11.2 Å². The summed E-state index contributed by atoms with van der Waals surface area (Å²) >= 11 is 1.91. The van der Waals surface area contributed by atoms with E-state index in [1.54, 1.807) is 7.11 Å². The first-order chi connectivity index (χ1) is 13.2. The number of ether oxygens (including phenoxy) is 3. The Hall–Kier alpha value is -2.34. The number of fused-ring (bicyclic) bond motifs is 1. The van der Waals surface area contributed by atoms with E-state index in [9.17, 15) is 4.79 Å². The average Bonchev–Trinajstić information content (AvgIpc) is 3.03. The molecule has 4 rings (SSSR count). The summed E-state index contributed by atoms with van der Waals surface area (Å²) in [6.45, 7) is 1.87. The van der Waals surface area contributed by atoms with Crippen molar-refractivity contribution in [2.45, 2.75) is 18.1 Å². The van der Waals surface area contributed by atoms with Crippen molar-refractivity contribution in [1.82, 2.24) is 4.90 Å². The van der Waals surface area contributed by atoms with Gasteiger partial charge in [-0.2, -0.15) is 11.8 Å². The fraction of sp³-hybridized carbons (Fsp3) is 0.381. The molecule has 0 aliphatic carbocycles. The average molecular weight is 385 g/mol. The normalized spacial score (nSPS) is 18.9. The van der Waals surface area contributed by atoms with Crippen LogP contribution in [0.25, 0.3) is 0 Å². The molecule has 2 aliphatic rings. The van der Waals surface area contributed by atoms with Crippen LogP contribution >= 0.6 is 11.8 Å². The number of nitrogens with zero attached hydrogens (tertiary/aromatic N) is 1. The van der Waals surface area contributed by atoms with Crippen LogP contribution in [0.5, 0.6) is 17.2 Å². The molecule has 1 saturated heterocycles. The molecule has 5 nitrogen and oxygen atoms in total. The molecule has 27 heavy (non-hydrogen) atoms. The zero-order valence-corrected chi connectivity index (χ0v) is 16.2. The fourth-order valence-electron chi connectivity index (χ4n) is 3.43. The molecule has 0 radical (unpaired) electrons. The minimum Gasteiger partial charge on any atom is -0.497 e. The number of hydrogen-bond donors (Lipinski definition) is 0. The standard InChI is InChI=1S/C21H23NO4S/c1-24-17-5-2-15(3-6-17)12-21(23)22-9-8-20(27-11-10-22)16-4-7-18-19(13-16)26-14-25-18/h2-7,13,20H,8-12,14H2,1H3. The molecule has 0 saturated carbocycles. The molecule has 0 N–H and O–H groups in total. The summed E-state index contributed by atoms with van der Waals surface area (Å²) in [7, 11) is 1.64. The van der Waals surface area contributed by atoms with E-state index in [1.807, 2.05) is 47.0 Å². The highest BCUT2D eigenvalue weighted by Gasteiger charge is 2.24. The Kier molecular flexibility index (Phi) is 5.43. The lowest BCUT2D eigenvalue weighted by atomic mass is 10.1. The first kappa shape index (κ1) is 18.0. The van der Waals surface area contributed by atoms with Crippen molar-refractivity contribution < 1.29 is 19.0 Å². The number of rotatable bonds is 4. The third-order valence-corrected chi connectivity index (χ3v) is 6.31. The minimum absolute atomic E-state index is 0.187. The molecule has 0 bridgehead atoms. The maximum absolute atomic E-state index is 12.7. The van der Waals surface area contributed by atoms with E-state index in [1.165, 1.54) is 5.56 Å². The zero-order chi connectivity index (χ0) is 18.6. The molecule has 142 valence electrons. The van der Waals surface area contributed by atoms with E-state index in [0.717, 1.165) is 48.1 Å². The second kappa shape index (κ2) is 8.13. The number of carbonyl (C=O) groups excluding carboxylic acids is 1. The molecular weight excluding hydrogens is 362 g/mol. The fourth-order valence-corrected chi connectivity index (χ4v) is 4.65. The summed E-state index contributed by atoms with van der Waals surface area (Å²) in [4.78, 5) is 14.7. The van der Waals surface area contributed by atoms with Crippen molar-refractivity contribution in [3.63, 3.8) is 0 Å². The lowest BCUT2D eigenvalue weighted by molar-refractivity contribution is -0.130. The van der Waals surface area contributed by atoms with Crippen molar-refractivity contribution in [3.8, 4) is 17.2 Å². The van der Waals surface area contributed by atoms with Crippen molar-refractivity contribution in [1.29, 1.82) is 0 Å². The predicted octanol–water partition coefficient (Wildman–Crippen LogP) is 3.67. The van der Waals surface area contributed by atoms with E-state index in [-0.39, 0.29) is 5.91 Å². The molecule has 1 unspecified atom stereocenters. The van der Waals surface area contributed by atoms with Gasteiger partial charge in [0.1, 0.15) is 5.75 Å². The SMILES string of the molecule is COc1ccc(CC(=O)N2CCSC(c3ccc4c(c3)OCO4)CC2)cc1. The Morgan fingerprint density at radius 1 is 1.15 bits per heavy atom. The molecule has 2 heterocycles. The summed E-state index contributed by atoms with van der Waals surface area (Å²) in [6.07, 6.45) is 1.38. The van der Waals surface area contributed by atoms with Crippen LogP contribution in [0, 0.1) is 0 Å². The zero-order valence-electron chi connectivity index (χ0n) is 15.3. The van der Waals surface area contributed by atoms with Gasteiger partial charge in [-0.05, 0) is 41.8 Å². The lowest BCUT2D eigenvalue weighted by Crippen LogP contribution is -2.34. The third kappa shape index (κ3) is 4.16. The lowest BCUT2D eigenvalue weighted by Gasteiger charge is -2.20. The molecule has 2 aromatic carbocycles. The smallest absolute Gasteiger partial charge is 0.231 e. The summed E-state index contributed by atoms with van der Waals surface area (Å²) < 4.78 is 16.1. The molecule has 6 heteroatoms. The van der Waals surface area contributed by atoms with Crippen LogP contribution in [-0.4, -0.2) is 43.6 Å². The summed E-state index contributed by atoms with van der Waals surface area (Å²) in [5.74, 6) is 3.57. The van der Waals surface area contributed by atoms with Gasteiger partial charge in [0, 0.05) is 24.1 Å². The van der Waals surface area contributed by atoms with Crippen LogP contribution in [0.4, 0.5) is 0 Å². The van der Waals surface area contributed by atoms with Gasteiger partial charge in [-0.15, -0.1) is 0 Å². The van der Waals surface area contributed by atoms with Gasteiger partial charge in [-0.25, -0.2) is 0 Å². The van der Waals surface area contributed by atoms with Crippen LogP contribution in [0.15, 0.2) is 42.5 Å². The minimum atomic E-state index is 0.187. The first-order valence-corrected chi connectivity index (χ1v) is 10.2. The highest BCUT2D eigenvalue weighted by atomic mass is 32.2. The number of benzene rings is 2. The number of thioether (sulfide) groups is 1. The summed E-state index contributed by atoms with van der Waals surface area (Å²) in [6, 6.07) is 13.9. The molecule has 2 aliphatic heterocycles. The summed E-state index contributed by atoms with van der Waals surface area (Å²) in [5.41, 5.74) is 2.26. The predicted molar refractivity (Wildman–Crippen MR) is 106 cm³/mol. The number of hydrogen-bond acceptors (Lipinski definition) is 5. The van der Waals surface area contributed by atoms with E-state index in [0.29, 0.717) is 18.5 Å². The number of carbonyl (C=O) groups is 1. The summed E-state index contributed by atoms with van der Waals surface area (Å²) in [5, 5.41) is 0.373. The highest BCUT2D eigenvalue weighted by molar-refractivity contribution is 7.99. The van der Waals surface area contributed by atoms with Gasteiger partial charge < -0.3 is 19.1 Å². The van der Waals surface area contributed by atoms with Gasteiger partial charge in [0.15, 0.2) is 11.5 Å². The monoisotopic (exact) mass is 385 g/mol. The maximum Gasteiger partial charge on any atom is 0.231 e. The Labute approximate surface area is 163 Å². The molecular formula is C21H23NO4S. The topological polar surface area (TPSA) is 48.0 Å². The van der Waals surface area contributed by atoms with Crippen LogP contribution < -0.4 is 14.2 Å². The van der Waals surface area contributed by atoms with Gasteiger partial charge >= 0.3 is 0 Å². The Bertz CT molecular complexity index is 808. The second-order valence-electron chi connectivity index (χ2n) is 6.67. The Morgan fingerprint density at radius 2 is 1.96 bits per heavy atom. The van der Waals surface area contributed by atoms with E-state index in [2.05, 4.69) is 12.1 Å². The van der Waals surface area contributed by atoms with Crippen LogP contribution in [0.1, 0.15) is 22.8 Å². The molecule has 1 atom stereocenters. The van der Waals surface area contributed by atoms with Gasteiger partial charge in [0.2, 0.25) is 12.7 Å². The van der Waals surface area contributed by atoms with Crippen molar-refractivity contribution >= 4 is 17.7 Å². The quantitative estimate of drug-likeness (QED) is 0.804. The molecule has 1 amide bonds. The maximum atomic E-state index is 12.7. The van der Waals surface area contributed by atoms with Crippen LogP contribution in [0.3, 0.4) is 0 Å². The molecule has 1 fully saturated rings. The Balaban J connectivity index is 1.37. The number of methoxy groups -OCH3 is 1. The second-order valence-corrected chi connectivity index (χ2v) is 7.98. The van der Waals surface area contributed by atoms with Crippen molar-refractivity contribution in [2.75, 3.05) is 32.7 Å². The van der Waals surface area contributed by atoms with E-state index < -0.39 is 0 Å². The van der Waals surface area contributed by atoms with Crippen molar-refractivity contribution in [2.24, 2.45) is 0 Å². The van der Waals surface area contributed by atoms with E-state index >= 15 is 0 Å². The van der Waals surface area contributed by atoms with Gasteiger partial charge in [0.25, 0.3) is 0 Å². The molecule has 0 aromatic heterocycles. The van der Waals surface area contributed by atoms with Gasteiger partial charge in [-0.1, -0.05) is 18.2 Å². The van der Waals surface area contributed by atoms with Gasteiger partial charge in [0.05, 0.1) is 13.5 Å². The van der Waals surface area contributed by atoms with Gasteiger partial charge in [-0.3, -0.25) is 4.79 Å². The van der Waals surface area contributed by atoms with Crippen molar-refractivity contribution in [3.05, 3.63) is 53.6 Å². The highest BCUT2D eigenvalue weighted by Crippen LogP contribution is 2.40. The third-order valence-electron chi connectivity index (χ3n) is 4.98. The Morgan fingerprint density at radius 3 is 2.78 bits per heavy atom. The number of amides is 1.